The Morgan fingerprint density at radius 2 is 1.88 bits per heavy atom. The lowest BCUT2D eigenvalue weighted by atomic mass is 10.0. The van der Waals surface area contributed by atoms with Gasteiger partial charge in [-0.1, -0.05) is 0 Å². The van der Waals surface area contributed by atoms with Gasteiger partial charge >= 0.3 is 0 Å². The van der Waals surface area contributed by atoms with Crippen LogP contribution in [0.15, 0.2) is 42.6 Å². The number of hydrogen-bond donors (Lipinski definition) is 0. The quantitative estimate of drug-likeness (QED) is 0.757. The van der Waals surface area contributed by atoms with Gasteiger partial charge in [0.2, 0.25) is 5.91 Å². The number of ketones is 1. The largest absolute Gasteiger partial charge is 0.497 e. The van der Waals surface area contributed by atoms with E-state index in [2.05, 4.69) is 23.8 Å². The van der Waals surface area contributed by atoms with Crippen molar-refractivity contribution in [2.75, 3.05) is 13.7 Å². The summed E-state index contributed by atoms with van der Waals surface area (Å²) < 4.78 is 7.29. The Morgan fingerprint density at radius 3 is 2.60 bits per heavy atom. The maximum absolute atomic E-state index is 12.5. The van der Waals surface area contributed by atoms with Gasteiger partial charge in [-0.15, -0.1) is 0 Å². The monoisotopic (exact) mass is 340 g/mol. The minimum Gasteiger partial charge on any atom is -0.497 e. The molecule has 1 aliphatic heterocycles. The summed E-state index contributed by atoms with van der Waals surface area (Å²) in [6.45, 7) is 3.63. The Bertz CT molecular complexity index is 749. The average Bonchev–Trinajstić information content (AvgIpc) is 3.11. The lowest BCUT2D eigenvalue weighted by Gasteiger charge is -2.35. The van der Waals surface area contributed by atoms with Crippen molar-refractivity contribution in [2.24, 2.45) is 0 Å². The van der Waals surface area contributed by atoms with Gasteiger partial charge in [0.15, 0.2) is 5.78 Å². The summed E-state index contributed by atoms with van der Waals surface area (Å²) in [6, 6.07) is 11.3. The first-order chi connectivity index (χ1) is 12.1. The highest BCUT2D eigenvalue weighted by molar-refractivity contribution is 5.96. The van der Waals surface area contributed by atoms with Crippen LogP contribution in [0.25, 0.3) is 0 Å². The maximum Gasteiger partial charge on any atom is 0.223 e. The van der Waals surface area contributed by atoms with Gasteiger partial charge in [0.05, 0.1) is 13.2 Å². The van der Waals surface area contributed by atoms with Crippen molar-refractivity contribution in [1.82, 2.24) is 9.47 Å². The predicted octanol–water partition coefficient (Wildman–Crippen LogP) is 3.45. The summed E-state index contributed by atoms with van der Waals surface area (Å²) in [7, 11) is 1.60. The summed E-state index contributed by atoms with van der Waals surface area (Å²) in [5, 5.41) is 0. The van der Waals surface area contributed by atoms with Crippen molar-refractivity contribution in [1.29, 1.82) is 0 Å². The van der Waals surface area contributed by atoms with Crippen LogP contribution in [-0.4, -0.2) is 34.8 Å². The minimum absolute atomic E-state index is 0.0658. The number of rotatable bonds is 6. The molecule has 0 N–H and O–H groups in total. The fourth-order valence-electron chi connectivity index (χ4n) is 3.38. The molecule has 5 heteroatoms. The molecule has 0 fully saturated rings. The number of benzene rings is 1. The average molecular weight is 340 g/mol. The van der Waals surface area contributed by atoms with Crippen molar-refractivity contribution < 1.29 is 14.3 Å². The second-order valence-electron chi connectivity index (χ2n) is 6.39. The fraction of sp³-hybridized carbons (Fsp3) is 0.400. The van der Waals surface area contributed by atoms with Gasteiger partial charge in [-0.3, -0.25) is 9.59 Å². The predicted molar refractivity (Wildman–Crippen MR) is 95.7 cm³/mol. The molecular formula is C20H24N2O3. The number of fused-ring (bicyclic) bond motifs is 1. The van der Waals surface area contributed by atoms with Gasteiger partial charge in [-0.2, -0.15) is 0 Å². The van der Waals surface area contributed by atoms with E-state index in [4.69, 9.17) is 4.74 Å². The topological polar surface area (TPSA) is 51.5 Å². The fourth-order valence-corrected chi connectivity index (χ4v) is 3.38. The van der Waals surface area contributed by atoms with Crippen LogP contribution >= 0.6 is 0 Å². The van der Waals surface area contributed by atoms with E-state index in [0.29, 0.717) is 24.8 Å². The van der Waals surface area contributed by atoms with E-state index in [0.717, 1.165) is 18.8 Å². The van der Waals surface area contributed by atoms with E-state index in [9.17, 15) is 9.59 Å². The SMILES string of the molecule is COc1ccc(C(=O)CCCC(=O)N2CCn3cccc3C2C)cc1. The Labute approximate surface area is 148 Å². The number of nitrogens with zero attached hydrogens (tertiary/aromatic N) is 2. The molecule has 1 atom stereocenters. The molecule has 0 saturated carbocycles. The van der Waals surface area contributed by atoms with Crippen LogP contribution in [0.2, 0.25) is 0 Å². The number of ether oxygens (including phenoxy) is 1. The molecule has 1 amide bonds. The van der Waals surface area contributed by atoms with Crippen LogP contribution in [0, 0.1) is 0 Å². The van der Waals surface area contributed by atoms with Gasteiger partial charge in [-0.25, -0.2) is 0 Å². The summed E-state index contributed by atoms with van der Waals surface area (Å²) in [6.07, 6.45) is 3.43. The summed E-state index contributed by atoms with van der Waals surface area (Å²) >= 11 is 0. The number of aromatic nitrogens is 1. The molecule has 1 aromatic carbocycles. The third-order valence-electron chi connectivity index (χ3n) is 4.87. The molecule has 0 saturated heterocycles. The number of carbonyl (C=O) groups is 2. The molecule has 5 nitrogen and oxygen atoms in total. The van der Waals surface area contributed by atoms with Crippen molar-refractivity contribution in [3.05, 3.63) is 53.9 Å². The first kappa shape index (κ1) is 17.3. The van der Waals surface area contributed by atoms with Crippen LogP contribution in [0.4, 0.5) is 0 Å². The van der Waals surface area contributed by atoms with E-state index < -0.39 is 0 Å². The molecule has 132 valence electrons. The Hall–Kier alpha value is -2.56. The van der Waals surface area contributed by atoms with E-state index in [1.54, 1.807) is 31.4 Å². The van der Waals surface area contributed by atoms with E-state index in [1.807, 2.05) is 11.0 Å². The second-order valence-corrected chi connectivity index (χ2v) is 6.39. The maximum atomic E-state index is 12.5. The van der Waals surface area contributed by atoms with E-state index >= 15 is 0 Å². The van der Waals surface area contributed by atoms with Crippen LogP contribution in [0.5, 0.6) is 5.75 Å². The molecule has 1 unspecified atom stereocenters. The minimum atomic E-state index is 0.0658. The van der Waals surface area contributed by atoms with Crippen LogP contribution < -0.4 is 4.74 Å². The number of amides is 1. The van der Waals surface area contributed by atoms with E-state index in [1.165, 1.54) is 5.69 Å². The number of methoxy groups -OCH3 is 1. The lowest BCUT2D eigenvalue weighted by molar-refractivity contribution is -0.134. The molecule has 3 rings (SSSR count). The molecule has 2 heterocycles. The van der Waals surface area contributed by atoms with Gasteiger partial charge in [-0.05, 0) is 49.7 Å². The summed E-state index contributed by atoms with van der Waals surface area (Å²) in [5.41, 5.74) is 1.84. The van der Waals surface area contributed by atoms with Crippen molar-refractivity contribution in [3.63, 3.8) is 0 Å². The zero-order chi connectivity index (χ0) is 17.8. The Morgan fingerprint density at radius 1 is 1.12 bits per heavy atom. The lowest BCUT2D eigenvalue weighted by Crippen LogP contribution is -2.40. The molecule has 0 radical (unpaired) electrons. The van der Waals surface area contributed by atoms with Crippen molar-refractivity contribution in [2.45, 2.75) is 38.8 Å². The molecule has 1 aliphatic rings. The molecule has 2 aromatic rings. The first-order valence-electron chi connectivity index (χ1n) is 8.72. The number of carbonyl (C=O) groups excluding carboxylic acids is 2. The molecule has 0 spiro atoms. The van der Waals surface area contributed by atoms with Gasteiger partial charge in [0, 0.05) is 43.4 Å². The third kappa shape index (κ3) is 3.76. The standard InChI is InChI=1S/C20H24N2O3/c1-15-18-5-4-12-21(18)13-14-22(15)20(24)7-3-6-19(23)16-8-10-17(25-2)11-9-16/h4-5,8-12,15H,3,6-7,13-14H2,1-2H3. The number of Topliss-reactive ketones (excluding diaryl/α,β-unsaturated/α-hetero) is 1. The third-order valence-corrected chi connectivity index (χ3v) is 4.87. The second kappa shape index (κ2) is 7.55. The van der Waals surface area contributed by atoms with Crippen molar-refractivity contribution >= 4 is 11.7 Å². The van der Waals surface area contributed by atoms with Crippen LogP contribution in [0.3, 0.4) is 0 Å². The zero-order valence-electron chi connectivity index (χ0n) is 14.8. The summed E-state index contributed by atoms with van der Waals surface area (Å²) in [5.74, 6) is 0.925. The normalized spacial score (nSPS) is 16.4. The molecular weight excluding hydrogens is 316 g/mol. The molecule has 1 aromatic heterocycles. The first-order valence-corrected chi connectivity index (χ1v) is 8.72. The molecule has 0 aliphatic carbocycles. The van der Waals surface area contributed by atoms with E-state index in [-0.39, 0.29) is 17.7 Å². The molecule has 25 heavy (non-hydrogen) atoms. The summed E-state index contributed by atoms with van der Waals surface area (Å²) in [4.78, 5) is 26.7. The highest BCUT2D eigenvalue weighted by Gasteiger charge is 2.26. The van der Waals surface area contributed by atoms with Gasteiger partial charge in [0.1, 0.15) is 5.75 Å². The van der Waals surface area contributed by atoms with Crippen molar-refractivity contribution in [3.8, 4) is 5.75 Å². The van der Waals surface area contributed by atoms with Crippen LogP contribution in [0.1, 0.15) is 48.3 Å². The Balaban J connectivity index is 1.50. The zero-order valence-corrected chi connectivity index (χ0v) is 14.8. The highest BCUT2D eigenvalue weighted by atomic mass is 16.5. The number of hydrogen-bond acceptors (Lipinski definition) is 3. The van der Waals surface area contributed by atoms with Crippen LogP contribution in [-0.2, 0) is 11.3 Å². The van der Waals surface area contributed by atoms with Gasteiger partial charge in [0.25, 0.3) is 0 Å². The highest BCUT2D eigenvalue weighted by Crippen LogP contribution is 2.26. The smallest absolute Gasteiger partial charge is 0.223 e. The Kier molecular flexibility index (Phi) is 5.22. The van der Waals surface area contributed by atoms with Gasteiger partial charge < -0.3 is 14.2 Å². The molecule has 0 bridgehead atoms.